The van der Waals surface area contributed by atoms with Crippen molar-refractivity contribution in [3.63, 3.8) is 0 Å². The minimum atomic E-state index is -1.08. The summed E-state index contributed by atoms with van der Waals surface area (Å²) in [4.78, 5) is 24.7. The van der Waals surface area contributed by atoms with Crippen molar-refractivity contribution in [3.05, 3.63) is 29.8 Å². The Morgan fingerprint density at radius 3 is 2.54 bits per heavy atom. The lowest BCUT2D eigenvalue weighted by molar-refractivity contribution is -0.130. The molecule has 1 aliphatic carbocycles. The zero-order valence-electron chi connectivity index (χ0n) is 13.1. The number of anilines is 1. The minimum Gasteiger partial charge on any atom is -0.368 e. The number of carbonyl (C=O) groups excluding carboxylic acids is 2. The second-order valence-electron chi connectivity index (χ2n) is 7.41. The molecule has 0 bridgehead atoms. The fourth-order valence-corrected chi connectivity index (χ4v) is 5.03. The second kappa shape index (κ2) is 4.75. The van der Waals surface area contributed by atoms with Crippen LogP contribution >= 0.6 is 0 Å². The maximum absolute atomic E-state index is 13.4. The fourth-order valence-electron chi connectivity index (χ4n) is 5.03. The minimum absolute atomic E-state index is 0.165. The lowest BCUT2D eigenvalue weighted by Gasteiger charge is -2.58. The molecule has 2 fully saturated rings. The lowest BCUT2D eigenvalue weighted by Crippen LogP contribution is -2.70. The van der Waals surface area contributed by atoms with Gasteiger partial charge in [-0.25, -0.2) is 0 Å². The summed E-state index contributed by atoms with van der Waals surface area (Å²) >= 11 is 0. The first kappa shape index (κ1) is 15.5. The molecule has 0 radical (unpaired) electrons. The lowest BCUT2D eigenvalue weighted by atomic mass is 9.48. The summed E-state index contributed by atoms with van der Waals surface area (Å²) in [6.07, 6.45) is 0.539. The Balaban J connectivity index is 1.84. The van der Waals surface area contributed by atoms with Gasteiger partial charge in [-0.1, -0.05) is 18.2 Å². The molecule has 1 saturated carbocycles. The average Bonchev–Trinajstić information content (AvgIpc) is 3.03. The van der Waals surface area contributed by atoms with Gasteiger partial charge in [0.15, 0.2) is 0 Å². The van der Waals surface area contributed by atoms with Crippen molar-refractivity contribution < 1.29 is 18.4 Å². The molecule has 2 amide bonds. The largest absolute Gasteiger partial charge is 0.368 e. The van der Waals surface area contributed by atoms with Crippen LogP contribution in [0.4, 0.5) is 14.5 Å². The summed E-state index contributed by atoms with van der Waals surface area (Å²) in [6.45, 7) is -1.57. The molecular weight excluding hydrogens is 316 g/mol. The molecule has 0 aromatic heterocycles. The third-order valence-electron chi connectivity index (χ3n) is 6.06. The molecular formula is C17H19F2N3O2. The van der Waals surface area contributed by atoms with Crippen LogP contribution in [-0.4, -0.2) is 36.7 Å². The Hall–Kier alpha value is -2.02. The van der Waals surface area contributed by atoms with Crippen LogP contribution in [0.2, 0.25) is 0 Å². The van der Waals surface area contributed by atoms with Gasteiger partial charge >= 0.3 is 0 Å². The van der Waals surface area contributed by atoms with Crippen molar-refractivity contribution in [1.82, 2.24) is 5.32 Å². The molecule has 3 aliphatic rings. The van der Waals surface area contributed by atoms with Gasteiger partial charge < -0.3 is 11.1 Å². The topological polar surface area (TPSA) is 84.2 Å². The van der Waals surface area contributed by atoms with E-state index in [9.17, 15) is 18.4 Å². The number of nitrogens with two attached hydrogens (primary N) is 1. The number of carbonyl (C=O) groups is 2. The number of alkyl halides is 2. The number of benzene rings is 1. The van der Waals surface area contributed by atoms with E-state index in [1.54, 1.807) is 6.07 Å². The van der Waals surface area contributed by atoms with E-state index >= 15 is 0 Å². The molecule has 2 unspecified atom stereocenters. The van der Waals surface area contributed by atoms with Gasteiger partial charge in [-0.2, -0.15) is 0 Å². The number of hydrogen-bond acceptors (Lipinski definition) is 3. The molecule has 24 heavy (non-hydrogen) atoms. The maximum Gasteiger partial charge on any atom is 0.237 e. The maximum atomic E-state index is 13.4. The number of amides is 2. The van der Waals surface area contributed by atoms with E-state index < -0.39 is 41.7 Å². The van der Waals surface area contributed by atoms with E-state index in [0.29, 0.717) is 5.69 Å². The Kier molecular flexibility index (Phi) is 3.07. The van der Waals surface area contributed by atoms with Crippen LogP contribution in [0.5, 0.6) is 0 Å². The molecule has 128 valence electrons. The van der Waals surface area contributed by atoms with Crippen LogP contribution in [0.3, 0.4) is 0 Å². The van der Waals surface area contributed by atoms with Crippen molar-refractivity contribution in [2.24, 2.45) is 11.1 Å². The summed E-state index contributed by atoms with van der Waals surface area (Å²) in [5.74, 6) is -0.785. The van der Waals surface area contributed by atoms with E-state index in [2.05, 4.69) is 10.6 Å². The summed E-state index contributed by atoms with van der Waals surface area (Å²) in [6, 6.07) is 6.57. The number of rotatable bonds is 3. The van der Waals surface area contributed by atoms with Gasteiger partial charge in [-0.3, -0.25) is 23.7 Å². The van der Waals surface area contributed by atoms with Crippen molar-refractivity contribution in [2.45, 2.75) is 36.3 Å². The summed E-state index contributed by atoms with van der Waals surface area (Å²) in [7, 11) is 0. The molecule has 2 heterocycles. The van der Waals surface area contributed by atoms with Crippen molar-refractivity contribution >= 4 is 17.5 Å². The van der Waals surface area contributed by atoms with Crippen molar-refractivity contribution in [2.75, 3.05) is 18.7 Å². The fraction of sp³-hybridized carbons (Fsp3) is 0.529. The third kappa shape index (κ3) is 1.65. The molecule has 2 aliphatic heterocycles. The Bertz CT molecular complexity index is 726. The Morgan fingerprint density at radius 1 is 1.25 bits per heavy atom. The van der Waals surface area contributed by atoms with Gasteiger partial charge in [0.05, 0.1) is 24.8 Å². The first-order chi connectivity index (χ1) is 11.4. The Morgan fingerprint density at radius 2 is 1.92 bits per heavy atom. The number of fused-ring (bicyclic) bond motifs is 3. The molecule has 1 saturated heterocycles. The van der Waals surface area contributed by atoms with Crippen molar-refractivity contribution in [3.8, 4) is 0 Å². The predicted octanol–water partition coefficient (Wildman–Crippen LogP) is 1.18. The highest BCUT2D eigenvalue weighted by molar-refractivity contribution is 6.08. The Labute approximate surface area is 138 Å². The van der Waals surface area contributed by atoms with Gasteiger partial charge in [0.2, 0.25) is 11.8 Å². The summed E-state index contributed by atoms with van der Waals surface area (Å²) in [5.41, 5.74) is 3.99. The zero-order valence-corrected chi connectivity index (χ0v) is 13.1. The van der Waals surface area contributed by atoms with Gasteiger partial charge in [0, 0.05) is 16.6 Å². The number of hydrogen-bond donors (Lipinski definition) is 3. The molecule has 1 aromatic carbocycles. The quantitative estimate of drug-likeness (QED) is 0.776. The number of nitrogens with one attached hydrogen (secondary N) is 2. The van der Waals surface area contributed by atoms with E-state index in [0.717, 1.165) is 5.56 Å². The molecule has 2 atom stereocenters. The van der Waals surface area contributed by atoms with Crippen LogP contribution < -0.4 is 16.4 Å². The van der Waals surface area contributed by atoms with E-state index in [1.807, 2.05) is 18.2 Å². The highest BCUT2D eigenvalue weighted by Crippen LogP contribution is 2.64. The van der Waals surface area contributed by atoms with Crippen LogP contribution in [0.1, 0.15) is 24.8 Å². The predicted molar refractivity (Wildman–Crippen MR) is 83.8 cm³/mol. The molecule has 1 aromatic rings. The zero-order chi connectivity index (χ0) is 17.2. The first-order valence-electron chi connectivity index (χ1n) is 8.02. The standard InChI is InChI=1S/C17H19F2N3O2/c18-8-15(9-19)6-16(7-15)17(5-12(22-16)13(20)23)10-3-1-2-4-11(10)21-14(17)24/h1-4,12,22H,5-9H2,(H2,20,23)(H,21,24). The van der Waals surface area contributed by atoms with E-state index in [1.165, 1.54) is 0 Å². The molecule has 4 rings (SSSR count). The monoisotopic (exact) mass is 335 g/mol. The molecule has 7 heteroatoms. The van der Waals surface area contributed by atoms with Crippen LogP contribution in [0.25, 0.3) is 0 Å². The van der Waals surface area contributed by atoms with Gasteiger partial charge in [0.25, 0.3) is 0 Å². The third-order valence-corrected chi connectivity index (χ3v) is 6.06. The second-order valence-corrected chi connectivity index (χ2v) is 7.41. The van der Waals surface area contributed by atoms with Crippen LogP contribution in [0.15, 0.2) is 24.3 Å². The van der Waals surface area contributed by atoms with Gasteiger partial charge in [-0.05, 0) is 30.9 Å². The van der Waals surface area contributed by atoms with Gasteiger partial charge in [-0.15, -0.1) is 0 Å². The smallest absolute Gasteiger partial charge is 0.237 e. The molecule has 4 N–H and O–H groups in total. The normalized spacial score (nSPS) is 31.8. The number of primary amides is 1. The van der Waals surface area contributed by atoms with E-state index in [4.69, 9.17) is 5.73 Å². The van der Waals surface area contributed by atoms with E-state index in [-0.39, 0.29) is 25.2 Å². The molecule has 2 spiro atoms. The molecule has 5 nitrogen and oxygen atoms in total. The summed E-state index contributed by atoms with van der Waals surface area (Å²) in [5, 5.41) is 6.02. The number of halogens is 2. The highest BCUT2D eigenvalue weighted by Gasteiger charge is 2.73. The average molecular weight is 335 g/mol. The van der Waals surface area contributed by atoms with Gasteiger partial charge in [0.1, 0.15) is 0 Å². The number of para-hydroxylation sites is 1. The van der Waals surface area contributed by atoms with Crippen LogP contribution in [-0.2, 0) is 15.0 Å². The van der Waals surface area contributed by atoms with Crippen LogP contribution in [0, 0.1) is 5.41 Å². The van der Waals surface area contributed by atoms with Crippen molar-refractivity contribution in [1.29, 1.82) is 0 Å². The first-order valence-corrected chi connectivity index (χ1v) is 8.02. The summed E-state index contributed by atoms with van der Waals surface area (Å²) < 4.78 is 26.8. The highest BCUT2D eigenvalue weighted by atomic mass is 19.1. The SMILES string of the molecule is NC(=O)C1CC2(C(=O)Nc3ccccc32)C2(CC(CF)(CF)C2)N1.